The fourth-order valence-corrected chi connectivity index (χ4v) is 3.96. The predicted octanol–water partition coefficient (Wildman–Crippen LogP) is 6.82. The molecule has 2 heterocycles. The second-order valence-electron chi connectivity index (χ2n) is 7.72. The lowest BCUT2D eigenvalue weighted by Gasteiger charge is -2.19. The van der Waals surface area contributed by atoms with Gasteiger partial charge < -0.3 is 14.8 Å². The number of anilines is 1. The van der Waals surface area contributed by atoms with Crippen LogP contribution in [-0.4, -0.2) is 22.5 Å². The van der Waals surface area contributed by atoms with Gasteiger partial charge in [0.05, 0.1) is 29.7 Å². The van der Waals surface area contributed by atoms with E-state index in [1.807, 2.05) is 24.3 Å². The summed E-state index contributed by atoms with van der Waals surface area (Å²) in [6.07, 6.45) is 5.03. The van der Waals surface area contributed by atoms with Gasteiger partial charge in [-0.2, -0.15) is 0 Å². The van der Waals surface area contributed by atoms with Gasteiger partial charge in [0.2, 0.25) is 0 Å². The second kappa shape index (κ2) is 9.71. The number of halogens is 2. The molecule has 0 bridgehead atoms. The highest BCUT2D eigenvalue weighted by atomic mass is 35.5. The van der Waals surface area contributed by atoms with Gasteiger partial charge in [-0.25, -0.2) is 4.98 Å². The molecular weight excluding hydrogens is 473 g/mol. The van der Waals surface area contributed by atoms with E-state index in [1.165, 1.54) is 6.20 Å². The second-order valence-corrected chi connectivity index (χ2v) is 8.56. The van der Waals surface area contributed by atoms with Crippen LogP contribution in [0.4, 0.5) is 5.82 Å². The summed E-state index contributed by atoms with van der Waals surface area (Å²) < 4.78 is 11.6. The van der Waals surface area contributed by atoms with E-state index in [0.717, 1.165) is 29.7 Å². The van der Waals surface area contributed by atoms with Crippen molar-refractivity contribution in [3.05, 3.63) is 94.2 Å². The average molecular weight is 492 g/mol. The molecule has 34 heavy (non-hydrogen) atoms. The Labute approximate surface area is 206 Å². The van der Waals surface area contributed by atoms with Crippen LogP contribution in [0.3, 0.4) is 0 Å². The van der Waals surface area contributed by atoms with E-state index >= 15 is 0 Å². The number of fused-ring (bicyclic) bond motifs is 1. The van der Waals surface area contributed by atoms with Crippen LogP contribution in [0.2, 0.25) is 10.0 Å². The quantitative estimate of drug-likeness (QED) is 0.331. The fourth-order valence-electron chi connectivity index (χ4n) is 3.60. The molecule has 8 heteroatoms. The highest BCUT2D eigenvalue weighted by Crippen LogP contribution is 2.37. The Bertz CT molecular complexity index is 1340. The van der Waals surface area contributed by atoms with Gasteiger partial charge in [0.25, 0.3) is 5.91 Å². The highest BCUT2D eigenvalue weighted by Gasteiger charge is 2.15. The highest BCUT2D eigenvalue weighted by molar-refractivity contribution is 6.32. The van der Waals surface area contributed by atoms with E-state index < -0.39 is 0 Å². The molecular formula is C26H19Cl2N3O3. The van der Waals surface area contributed by atoms with Gasteiger partial charge >= 0.3 is 0 Å². The van der Waals surface area contributed by atoms with Crippen molar-refractivity contribution in [1.29, 1.82) is 0 Å². The number of amides is 1. The van der Waals surface area contributed by atoms with Crippen molar-refractivity contribution in [1.82, 2.24) is 9.97 Å². The van der Waals surface area contributed by atoms with Crippen LogP contribution in [0.25, 0.3) is 11.3 Å². The number of rotatable bonds is 5. The zero-order chi connectivity index (χ0) is 23.5. The third-order valence-electron chi connectivity index (χ3n) is 5.32. The van der Waals surface area contributed by atoms with Gasteiger partial charge in [0.1, 0.15) is 17.2 Å². The van der Waals surface area contributed by atoms with E-state index in [0.29, 0.717) is 45.2 Å². The average Bonchev–Trinajstić information content (AvgIpc) is 2.85. The lowest BCUT2D eigenvalue weighted by molar-refractivity contribution is 0.102. The molecule has 1 amide bonds. The van der Waals surface area contributed by atoms with E-state index in [1.54, 1.807) is 42.6 Å². The van der Waals surface area contributed by atoms with Gasteiger partial charge in [0, 0.05) is 22.2 Å². The Morgan fingerprint density at radius 1 is 1.00 bits per heavy atom. The van der Waals surface area contributed by atoms with Gasteiger partial charge in [-0.15, -0.1) is 0 Å². The molecule has 0 fully saturated rings. The van der Waals surface area contributed by atoms with Crippen molar-refractivity contribution in [2.24, 2.45) is 0 Å². The van der Waals surface area contributed by atoms with Gasteiger partial charge in [-0.3, -0.25) is 9.78 Å². The van der Waals surface area contributed by atoms with Gasteiger partial charge in [-0.05, 0) is 60.9 Å². The number of benzene rings is 3. The maximum absolute atomic E-state index is 12.7. The fraction of sp³-hybridized carbons (Fsp3) is 0.115. The normalized spacial score (nSPS) is 12.4. The number of nitrogens with zero attached hydrogens (tertiary/aromatic N) is 2. The molecule has 0 unspecified atom stereocenters. The largest absolute Gasteiger partial charge is 0.493 e. The minimum atomic E-state index is -0.311. The van der Waals surface area contributed by atoms with Crippen LogP contribution in [0.1, 0.15) is 22.3 Å². The first-order valence-corrected chi connectivity index (χ1v) is 11.4. The van der Waals surface area contributed by atoms with Crippen LogP contribution < -0.4 is 14.8 Å². The summed E-state index contributed by atoms with van der Waals surface area (Å²) >= 11 is 12.3. The molecule has 1 N–H and O–H groups in total. The Balaban J connectivity index is 1.27. The molecule has 4 aromatic rings. The van der Waals surface area contributed by atoms with Crippen LogP contribution in [0, 0.1) is 0 Å². The smallest absolute Gasteiger partial charge is 0.256 e. The lowest BCUT2D eigenvalue weighted by Crippen LogP contribution is -2.13. The number of carbonyl (C=O) groups excluding carboxylic acids is 1. The Morgan fingerprint density at radius 3 is 2.59 bits per heavy atom. The monoisotopic (exact) mass is 491 g/mol. The Hall–Kier alpha value is -3.61. The van der Waals surface area contributed by atoms with Crippen LogP contribution in [-0.2, 0) is 6.42 Å². The lowest BCUT2D eigenvalue weighted by atomic mass is 10.1. The van der Waals surface area contributed by atoms with E-state index in [2.05, 4.69) is 15.3 Å². The minimum Gasteiger partial charge on any atom is -0.493 e. The molecule has 1 aliphatic rings. The zero-order valence-electron chi connectivity index (χ0n) is 17.9. The summed E-state index contributed by atoms with van der Waals surface area (Å²) in [6.45, 7) is 0.685. The molecule has 6 nitrogen and oxygen atoms in total. The standard InChI is InChI=1S/C26H19Cl2N3O3/c27-19-7-3-16(4-8-19)22-14-29-15-25(30-22)31-26(32)17-5-9-20(10-6-17)34-24-13-23-18(12-21(24)28)2-1-11-33-23/h3-10,12-15H,1-2,11H2,(H,30,31,32). The van der Waals surface area contributed by atoms with E-state index in [9.17, 15) is 4.79 Å². The first-order chi connectivity index (χ1) is 16.5. The van der Waals surface area contributed by atoms with Crippen molar-refractivity contribution < 1.29 is 14.3 Å². The Kier molecular flexibility index (Phi) is 6.34. The molecule has 0 radical (unpaired) electrons. The summed E-state index contributed by atoms with van der Waals surface area (Å²) in [6, 6.07) is 17.7. The third-order valence-corrected chi connectivity index (χ3v) is 5.87. The molecule has 0 spiro atoms. The van der Waals surface area contributed by atoms with Crippen molar-refractivity contribution >= 4 is 34.9 Å². The van der Waals surface area contributed by atoms with Crippen molar-refractivity contribution in [3.8, 4) is 28.5 Å². The van der Waals surface area contributed by atoms with Gasteiger partial charge in [0.15, 0.2) is 5.82 Å². The molecule has 1 aliphatic heterocycles. The predicted molar refractivity (Wildman–Crippen MR) is 132 cm³/mol. The third kappa shape index (κ3) is 4.98. The number of aryl methyl sites for hydroxylation is 1. The van der Waals surface area contributed by atoms with Crippen LogP contribution >= 0.6 is 23.2 Å². The number of nitrogens with one attached hydrogen (secondary N) is 1. The van der Waals surface area contributed by atoms with Crippen LogP contribution in [0.5, 0.6) is 17.2 Å². The van der Waals surface area contributed by atoms with Crippen LogP contribution in [0.15, 0.2) is 73.1 Å². The zero-order valence-corrected chi connectivity index (χ0v) is 19.4. The van der Waals surface area contributed by atoms with Crippen molar-refractivity contribution in [3.63, 3.8) is 0 Å². The van der Waals surface area contributed by atoms with E-state index in [-0.39, 0.29) is 5.91 Å². The maximum Gasteiger partial charge on any atom is 0.256 e. The summed E-state index contributed by atoms with van der Waals surface area (Å²) in [5, 5.41) is 3.93. The summed E-state index contributed by atoms with van der Waals surface area (Å²) in [4.78, 5) is 21.4. The topological polar surface area (TPSA) is 73.3 Å². The number of aromatic nitrogens is 2. The SMILES string of the molecule is O=C(Nc1cncc(-c2ccc(Cl)cc2)n1)c1ccc(Oc2cc3c(cc2Cl)CCCO3)cc1. The molecule has 5 rings (SSSR count). The number of hydrogen-bond acceptors (Lipinski definition) is 5. The first-order valence-electron chi connectivity index (χ1n) is 10.7. The summed E-state index contributed by atoms with van der Waals surface area (Å²) in [5.41, 5.74) is 3.01. The number of hydrogen-bond donors (Lipinski definition) is 1. The van der Waals surface area contributed by atoms with E-state index in [4.69, 9.17) is 32.7 Å². The van der Waals surface area contributed by atoms with Crippen molar-refractivity contribution in [2.75, 3.05) is 11.9 Å². The number of ether oxygens (including phenoxy) is 2. The number of carbonyl (C=O) groups is 1. The first kappa shape index (κ1) is 22.2. The molecule has 0 saturated heterocycles. The molecule has 0 atom stereocenters. The molecule has 0 saturated carbocycles. The molecule has 3 aromatic carbocycles. The Morgan fingerprint density at radius 2 is 1.79 bits per heavy atom. The molecule has 0 aliphatic carbocycles. The minimum absolute atomic E-state index is 0.311. The molecule has 1 aromatic heterocycles. The molecule has 170 valence electrons. The summed E-state index contributed by atoms with van der Waals surface area (Å²) in [7, 11) is 0. The van der Waals surface area contributed by atoms with Gasteiger partial charge in [-0.1, -0.05) is 35.3 Å². The maximum atomic E-state index is 12.7. The van der Waals surface area contributed by atoms with Crippen molar-refractivity contribution in [2.45, 2.75) is 12.8 Å². The summed E-state index contributed by atoms with van der Waals surface area (Å²) in [5.74, 6) is 1.89.